The van der Waals surface area contributed by atoms with Gasteiger partial charge in [0.05, 0.1) is 22.2 Å². The molecular weight excluding hydrogens is 380 g/mol. The maximum atomic E-state index is 12.2. The second kappa shape index (κ2) is 8.29. The number of anilines is 1. The fourth-order valence-electron chi connectivity index (χ4n) is 2.34. The molecule has 0 saturated heterocycles. The molecule has 28 heavy (non-hydrogen) atoms. The number of benzene rings is 2. The monoisotopic (exact) mass is 400 g/mol. The molecule has 1 atom stereocenters. The van der Waals surface area contributed by atoms with Crippen LogP contribution < -0.4 is 20.3 Å². The van der Waals surface area contributed by atoms with Crippen molar-refractivity contribution in [3.05, 3.63) is 54.1 Å². The van der Waals surface area contributed by atoms with E-state index in [2.05, 4.69) is 15.6 Å². The van der Waals surface area contributed by atoms with Crippen LogP contribution in [0.2, 0.25) is 0 Å². The summed E-state index contributed by atoms with van der Waals surface area (Å²) in [5.41, 5.74) is 6.19. The molecular formula is C19H20N4O4S. The van der Waals surface area contributed by atoms with Crippen molar-refractivity contribution < 1.29 is 17.9 Å². The number of nitrogens with zero attached hydrogens (tertiary/aromatic N) is 1. The molecule has 2 aromatic rings. The Morgan fingerprint density at radius 1 is 1.21 bits per heavy atom. The van der Waals surface area contributed by atoms with Crippen molar-refractivity contribution in [3.8, 4) is 11.8 Å². The molecule has 0 radical (unpaired) electrons. The van der Waals surface area contributed by atoms with Gasteiger partial charge in [0.15, 0.2) is 6.10 Å². The smallest absolute Gasteiger partial charge is 0.279 e. The summed E-state index contributed by atoms with van der Waals surface area (Å²) < 4.78 is 32.4. The molecule has 2 aromatic carbocycles. The van der Waals surface area contributed by atoms with Crippen LogP contribution in [0.4, 0.5) is 5.69 Å². The molecule has 1 fully saturated rings. The highest BCUT2D eigenvalue weighted by atomic mass is 32.2. The van der Waals surface area contributed by atoms with Crippen LogP contribution in [0.5, 0.6) is 5.75 Å². The second-order valence-electron chi connectivity index (χ2n) is 6.43. The van der Waals surface area contributed by atoms with Gasteiger partial charge in [-0.05, 0) is 62.2 Å². The highest BCUT2D eigenvalue weighted by Crippen LogP contribution is 2.22. The van der Waals surface area contributed by atoms with E-state index in [0.717, 1.165) is 12.8 Å². The number of nitrogens with one attached hydrogen (secondary N) is 3. The van der Waals surface area contributed by atoms with Gasteiger partial charge in [-0.25, -0.2) is 13.1 Å². The van der Waals surface area contributed by atoms with Crippen LogP contribution >= 0.6 is 0 Å². The molecule has 0 bridgehead atoms. The molecule has 1 aliphatic carbocycles. The number of hydrogen-bond acceptors (Lipinski definition) is 6. The summed E-state index contributed by atoms with van der Waals surface area (Å²) >= 11 is 0. The molecule has 0 heterocycles. The Balaban J connectivity index is 1.53. The molecule has 0 aromatic heterocycles. The van der Waals surface area contributed by atoms with Gasteiger partial charge in [0.2, 0.25) is 10.0 Å². The standard InChI is InChI=1S/C19H20N4O4S/c1-13(27-17-4-2-3-14(11-17)12-20)19(24)22-21-15-7-9-18(10-8-15)28(25,26)23-16-5-6-16/h2-4,7-11,13,16,21,23H,5-6H2,1H3,(H,22,24). The van der Waals surface area contributed by atoms with Crippen LogP contribution in [0.25, 0.3) is 0 Å². The Hall–Kier alpha value is -3.09. The largest absolute Gasteiger partial charge is 0.481 e. The van der Waals surface area contributed by atoms with Crippen molar-refractivity contribution in [3.63, 3.8) is 0 Å². The number of carbonyl (C=O) groups excluding carboxylic acids is 1. The summed E-state index contributed by atoms with van der Waals surface area (Å²) in [5, 5.41) is 8.89. The summed E-state index contributed by atoms with van der Waals surface area (Å²) in [5.74, 6) is -0.00567. The molecule has 1 unspecified atom stereocenters. The maximum Gasteiger partial charge on any atom is 0.279 e. The summed E-state index contributed by atoms with van der Waals surface area (Å²) in [6.07, 6.45) is 0.932. The minimum absolute atomic E-state index is 0.0393. The van der Waals surface area contributed by atoms with Crippen molar-refractivity contribution in [1.82, 2.24) is 10.1 Å². The third kappa shape index (κ3) is 5.22. The Morgan fingerprint density at radius 2 is 1.93 bits per heavy atom. The van der Waals surface area contributed by atoms with Gasteiger partial charge in [0.1, 0.15) is 5.75 Å². The normalized spacial score (nSPS) is 14.6. The number of hydrogen-bond donors (Lipinski definition) is 3. The van der Waals surface area contributed by atoms with Crippen LogP contribution in [-0.2, 0) is 14.8 Å². The van der Waals surface area contributed by atoms with E-state index in [1.54, 1.807) is 43.3 Å². The van der Waals surface area contributed by atoms with Gasteiger partial charge in [-0.1, -0.05) is 6.07 Å². The fraction of sp³-hybridized carbons (Fsp3) is 0.263. The minimum Gasteiger partial charge on any atom is -0.481 e. The second-order valence-corrected chi connectivity index (χ2v) is 8.15. The molecule has 0 aliphatic heterocycles. The lowest BCUT2D eigenvalue weighted by Gasteiger charge is -2.16. The van der Waals surface area contributed by atoms with Gasteiger partial charge >= 0.3 is 0 Å². The van der Waals surface area contributed by atoms with E-state index in [-0.39, 0.29) is 10.9 Å². The van der Waals surface area contributed by atoms with Crippen LogP contribution in [0.1, 0.15) is 25.3 Å². The van der Waals surface area contributed by atoms with E-state index < -0.39 is 22.0 Å². The van der Waals surface area contributed by atoms with Crippen molar-refractivity contribution in [2.75, 3.05) is 5.43 Å². The number of carbonyl (C=O) groups is 1. The zero-order valence-corrected chi connectivity index (χ0v) is 16.0. The Morgan fingerprint density at radius 3 is 2.57 bits per heavy atom. The molecule has 3 rings (SSSR count). The van der Waals surface area contributed by atoms with E-state index in [0.29, 0.717) is 17.0 Å². The molecule has 1 amide bonds. The number of sulfonamides is 1. The van der Waals surface area contributed by atoms with Gasteiger partial charge in [-0.15, -0.1) is 0 Å². The number of nitriles is 1. The fourth-order valence-corrected chi connectivity index (χ4v) is 3.64. The molecule has 146 valence electrons. The minimum atomic E-state index is -3.51. The third-order valence-corrected chi connectivity index (χ3v) is 5.58. The van der Waals surface area contributed by atoms with Crippen LogP contribution in [-0.4, -0.2) is 26.5 Å². The molecule has 8 nitrogen and oxygen atoms in total. The van der Waals surface area contributed by atoms with Gasteiger partial charge in [-0.2, -0.15) is 5.26 Å². The van der Waals surface area contributed by atoms with E-state index in [1.165, 1.54) is 12.1 Å². The lowest BCUT2D eigenvalue weighted by Crippen LogP contribution is -2.39. The number of amides is 1. The lowest BCUT2D eigenvalue weighted by molar-refractivity contribution is -0.126. The topological polar surface area (TPSA) is 120 Å². The van der Waals surface area contributed by atoms with E-state index >= 15 is 0 Å². The predicted molar refractivity (Wildman–Crippen MR) is 103 cm³/mol. The van der Waals surface area contributed by atoms with Gasteiger partial charge in [0, 0.05) is 6.04 Å². The molecule has 0 spiro atoms. The quantitative estimate of drug-likeness (QED) is 0.582. The summed E-state index contributed by atoms with van der Waals surface area (Å²) in [6.45, 7) is 1.58. The Labute approximate surface area is 163 Å². The van der Waals surface area contributed by atoms with Crippen LogP contribution in [0, 0.1) is 11.3 Å². The first-order valence-electron chi connectivity index (χ1n) is 8.72. The molecule has 9 heteroatoms. The van der Waals surface area contributed by atoms with Gasteiger partial charge in [0.25, 0.3) is 5.91 Å². The molecule has 3 N–H and O–H groups in total. The first-order chi connectivity index (χ1) is 13.4. The SMILES string of the molecule is CC(Oc1cccc(C#N)c1)C(=O)NNc1ccc(S(=O)(=O)NC2CC2)cc1. The first kappa shape index (κ1) is 19.7. The molecule has 1 saturated carbocycles. The summed E-state index contributed by atoms with van der Waals surface area (Å²) in [4.78, 5) is 12.3. The summed E-state index contributed by atoms with van der Waals surface area (Å²) in [7, 11) is -3.51. The maximum absolute atomic E-state index is 12.2. The molecule has 1 aliphatic rings. The highest BCUT2D eigenvalue weighted by molar-refractivity contribution is 7.89. The zero-order chi connectivity index (χ0) is 20.1. The van der Waals surface area contributed by atoms with Crippen molar-refractivity contribution in [2.24, 2.45) is 0 Å². The van der Waals surface area contributed by atoms with Crippen molar-refractivity contribution in [2.45, 2.75) is 36.8 Å². The highest BCUT2D eigenvalue weighted by Gasteiger charge is 2.27. The lowest BCUT2D eigenvalue weighted by atomic mass is 10.2. The number of ether oxygens (including phenoxy) is 1. The third-order valence-electron chi connectivity index (χ3n) is 4.04. The van der Waals surface area contributed by atoms with E-state index in [1.807, 2.05) is 6.07 Å². The Kier molecular flexibility index (Phi) is 5.82. The van der Waals surface area contributed by atoms with Crippen molar-refractivity contribution >= 4 is 21.6 Å². The van der Waals surface area contributed by atoms with Crippen LogP contribution in [0.3, 0.4) is 0 Å². The average molecular weight is 400 g/mol. The van der Waals surface area contributed by atoms with Crippen LogP contribution in [0.15, 0.2) is 53.4 Å². The van der Waals surface area contributed by atoms with E-state index in [4.69, 9.17) is 10.00 Å². The van der Waals surface area contributed by atoms with Gasteiger partial charge in [-0.3, -0.25) is 15.6 Å². The summed E-state index contributed by atoms with van der Waals surface area (Å²) in [6, 6.07) is 14.6. The van der Waals surface area contributed by atoms with Crippen molar-refractivity contribution in [1.29, 1.82) is 5.26 Å². The average Bonchev–Trinajstić information content (AvgIpc) is 3.49. The predicted octanol–water partition coefficient (Wildman–Crippen LogP) is 1.91. The van der Waals surface area contributed by atoms with Gasteiger partial charge < -0.3 is 4.74 Å². The first-order valence-corrected chi connectivity index (χ1v) is 10.2. The number of hydrazine groups is 1. The Bertz CT molecular complexity index is 995. The zero-order valence-electron chi connectivity index (χ0n) is 15.2. The number of rotatable bonds is 8. The van der Waals surface area contributed by atoms with E-state index in [9.17, 15) is 13.2 Å².